The van der Waals surface area contributed by atoms with Crippen molar-refractivity contribution in [3.05, 3.63) is 177 Å². The van der Waals surface area contributed by atoms with Gasteiger partial charge in [-0.2, -0.15) is 26.3 Å². The van der Waals surface area contributed by atoms with E-state index in [2.05, 4.69) is 107 Å². The van der Waals surface area contributed by atoms with Gasteiger partial charge in [-0.05, 0) is 65.4 Å². The van der Waals surface area contributed by atoms with Gasteiger partial charge in [0.05, 0.1) is 29.6 Å². The van der Waals surface area contributed by atoms with Crippen molar-refractivity contribution in [2.45, 2.75) is 128 Å². The van der Waals surface area contributed by atoms with E-state index < -0.39 is 36.0 Å². The lowest BCUT2D eigenvalue weighted by atomic mass is 9.90. The van der Waals surface area contributed by atoms with Crippen molar-refractivity contribution in [3.8, 4) is 0 Å². The number of fused-ring (bicyclic) bond motifs is 3. The number of anilines is 6. The van der Waals surface area contributed by atoms with Gasteiger partial charge in [0.2, 0.25) is 17.7 Å². The summed E-state index contributed by atoms with van der Waals surface area (Å²) >= 11 is 18.2. The van der Waals surface area contributed by atoms with Crippen molar-refractivity contribution >= 4 is 87.4 Å². The highest BCUT2D eigenvalue weighted by Crippen LogP contribution is 2.50. The summed E-state index contributed by atoms with van der Waals surface area (Å²) in [6.07, 6.45) is -4.43. The first-order valence-corrected chi connectivity index (χ1v) is 36.7. The van der Waals surface area contributed by atoms with E-state index in [-0.39, 0.29) is 94.4 Å². The zero-order valence-electron chi connectivity index (χ0n) is 60.2. The fourth-order valence-corrected chi connectivity index (χ4v) is 14.1. The fourth-order valence-electron chi connectivity index (χ4n) is 13.8. The van der Waals surface area contributed by atoms with Crippen LogP contribution in [0.3, 0.4) is 0 Å². The molecular weight excluding hydrogens is 1420 g/mol. The molecule has 6 aromatic rings. The Labute approximate surface area is 625 Å². The van der Waals surface area contributed by atoms with Crippen LogP contribution in [0.5, 0.6) is 0 Å². The Balaban J connectivity index is 0.000000169. The Bertz CT molecular complexity index is 3840. The standard InChI is InChI=1S/2C25H30ClF3N6O.C25H33ClN6O/c2*1-15(2)30-13-19(17-4-6-18(26)7-5-17)24(36)35-10-8-34(9-11-35)23-21-20(25(27,28)29)12-16(3)33-22(21)31-14-32-23;1-16(2)27-14-22(19-5-7-20(26)8-6-19)25(33)32-11-9-31(10-12-32)24-21-13-17(3)18(4)30-23(21)28-15-29-24/h2*4-7,14-15,19-20,30H,3,8-13H2,1-2H3,(H,31,32,33);5-8,15-17,22,27H,4,9-14H2,1-3H3,(H,28,29,30)/t19-,20+;19-,20-;17-,22-/m111/s1. The minimum Gasteiger partial charge on any atom is -0.353 e. The maximum atomic E-state index is 13.9. The normalized spacial score (nSPS) is 19.2. The average Bonchev–Trinajstić information content (AvgIpc) is 0.983. The van der Waals surface area contributed by atoms with E-state index in [4.69, 9.17) is 34.8 Å². The molecule has 30 heteroatoms. The van der Waals surface area contributed by atoms with Gasteiger partial charge in [-0.1, -0.05) is 139 Å². The summed E-state index contributed by atoms with van der Waals surface area (Å²) in [5.41, 5.74) is 5.47. The highest BCUT2D eigenvalue weighted by molar-refractivity contribution is 6.31. The van der Waals surface area contributed by atoms with Crippen LogP contribution in [0.25, 0.3) is 0 Å². The summed E-state index contributed by atoms with van der Waals surface area (Å²) < 4.78 is 83.4. The van der Waals surface area contributed by atoms with Crippen LogP contribution < -0.4 is 46.6 Å². The number of halogens is 9. The molecule has 6 N–H and O–H groups in total. The maximum absolute atomic E-state index is 13.9. The quantitative estimate of drug-likeness (QED) is 0.0441. The molecule has 0 unspecified atom stereocenters. The Hall–Kier alpha value is -8.34. The van der Waals surface area contributed by atoms with Gasteiger partial charge < -0.3 is 61.3 Å². The molecule has 0 saturated carbocycles. The molecule has 3 amide bonds. The smallest absolute Gasteiger partial charge is 0.353 e. The third kappa shape index (κ3) is 20.0. The number of nitrogens with zero attached hydrogens (tertiary/aromatic N) is 12. The van der Waals surface area contributed by atoms with Crippen molar-refractivity contribution in [2.24, 2.45) is 5.92 Å². The Morgan fingerprint density at radius 3 is 1.05 bits per heavy atom. The van der Waals surface area contributed by atoms with Crippen LogP contribution in [0.4, 0.5) is 61.2 Å². The number of hydrogen-bond donors (Lipinski definition) is 6. The first kappa shape index (κ1) is 79.2. The molecule has 6 aliphatic heterocycles. The van der Waals surface area contributed by atoms with Crippen LogP contribution in [0, 0.1) is 5.92 Å². The Morgan fingerprint density at radius 1 is 0.448 bits per heavy atom. The first-order valence-electron chi connectivity index (χ1n) is 35.5. The van der Waals surface area contributed by atoms with Crippen LogP contribution in [0.15, 0.2) is 129 Å². The highest BCUT2D eigenvalue weighted by Gasteiger charge is 2.49. The number of rotatable bonds is 18. The molecule has 3 saturated heterocycles. The van der Waals surface area contributed by atoms with Crippen molar-refractivity contribution in [3.63, 3.8) is 0 Å². The fraction of sp³-hybridized carbons (Fsp3) is 0.480. The van der Waals surface area contributed by atoms with Crippen LogP contribution in [0.1, 0.15) is 124 Å². The number of nitrogens with one attached hydrogen (secondary N) is 6. The molecular formula is C75H93Cl3F6N18O3. The second-order valence-electron chi connectivity index (χ2n) is 28.2. The van der Waals surface area contributed by atoms with Gasteiger partial charge in [-0.25, -0.2) is 29.9 Å². The van der Waals surface area contributed by atoms with Gasteiger partial charge in [-0.15, -0.1) is 0 Å². The molecule has 6 aliphatic rings. The summed E-state index contributed by atoms with van der Waals surface area (Å²) in [7, 11) is 0. The van der Waals surface area contributed by atoms with Crippen LogP contribution in [-0.4, -0.2) is 191 Å². The van der Waals surface area contributed by atoms with Gasteiger partial charge in [0, 0.05) is 178 Å². The zero-order valence-corrected chi connectivity index (χ0v) is 62.5. The molecule has 21 nitrogen and oxygen atoms in total. The van der Waals surface area contributed by atoms with Crippen molar-refractivity contribution in [1.29, 1.82) is 0 Å². The lowest BCUT2D eigenvalue weighted by Gasteiger charge is -2.39. The number of alkyl halides is 6. The van der Waals surface area contributed by atoms with Crippen molar-refractivity contribution < 1.29 is 40.7 Å². The minimum absolute atomic E-state index is 0.0269. The molecule has 564 valence electrons. The van der Waals surface area contributed by atoms with Gasteiger partial charge in [0.25, 0.3) is 0 Å². The van der Waals surface area contributed by atoms with E-state index in [1.165, 1.54) is 12.7 Å². The van der Waals surface area contributed by atoms with E-state index in [1.54, 1.807) is 40.4 Å². The van der Waals surface area contributed by atoms with Crippen LogP contribution >= 0.6 is 34.8 Å². The van der Waals surface area contributed by atoms with Crippen LogP contribution in [0.2, 0.25) is 15.1 Å². The number of piperazine rings is 3. The SMILES string of the molecule is C=C1C[C@@H](C(F)(F)F)c2c(ncnc2N2CCN(C(=O)[C@H](CNC(C)C)c3ccc(Cl)cc3)CC2)N1.C=C1C[C@H](C(F)(F)F)c2c(ncnc2N2CCN(C(=O)[C@H](CNC(C)C)c3ccc(Cl)cc3)CC2)N1.C=C1Nc2ncnc(N3CCN(C(=O)[C@H](CNC(C)C)c4ccc(Cl)cc4)CC3)c2C[C@H]1C. The van der Waals surface area contributed by atoms with Gasteiger partial charge in [0.15, 0.2) is 0 Å². The number of hydrogen-bond acceptors (Lipinski definition) is 18. The predicted octanol–water partition coefficient (Wildman–Crippen LogP) is 12.7. The molecule has 0 spiro atoms. The van der Waals surface area contributed by atoms with Crippen molar-refractivity contribution in [1.82, 2.24) is 60.6 Å². The number of carbonyl (C=O) groups is 3. The summed E-state index contributed by atoms with van der Waals surface area (Å²) in [5, 5.41) is 21.1. The number of benzene rings is 3. The molecule has 3 aromatic heterocycles. The third-order valence-corrected chi connectivity index (χ3v) is 20.3. The van der Waals surface area contributed by atoms with E-state index in [0.29, 0.717) is 112 Å². The lowest BCUT2D eigenvalue weighted by Crippen LogP contribution is -2.51. The Morgan fingerprint density at radius 2 is 0.743 bits per heavy atom. The number of allylic oxidation sites excluding steroid dienone is 3. The van der Waals surface area contributed by atoms with E-state index in [1.807, 2.05) is 90.9 Å². The summed E-state index contributed by atoms with van der Waals surface area (Å²) in [5.74, 6) is -1.45. The molecule has 105 heavy (non-hydrogen) atoms. The third-order valence-electron chi connectivity index (χ3n) is 19.6. The summed E-state index contributed by atoms with van der Waals surface area (Å²) in [6.45, 7) is 33.2. The topological polar surface area (TPSA) is 220 Å². The molecule has 0 radical (unpaired) electrons. The minimum atomic E-state index is -4.45. The van der Waals surface area contributed by atoms with E-state index in [0.717, 1.165) is 59.1 Å². The maximum Gasteiger partial charge on any atom is 0.396 e. The predicted molar refractivity (Wildman–Crippen MR) is 402 cm³/mol. The Kier molecular flexibility index (Phi) is 26.4. The summed E-state index contributed by atoms with van der Waals surface area (Å²) in [6, 6.07) is 22.8. The molecule has 0 bridgehead atoms. The largest absolute Gasteiger partial charge is 0.396 e. The second kappa shape index (κ2) is 34.9. The first-order chi connectivity index (χ1) is 49.9. The molecule has 3 fully saturated rings. The van der Waals surface area contributed by atoms with E-state index in [9.17, 15) is 40.7 Å². The lowest BCUT2D eigenvalue weighted by molar-refractivity contribution is -0.151. The zero-order chi connectivity index (χ0) is 75.6. The number of carbonyl (C=O) groups excluding carboxylic acids is 3. The monoisotopic (exact) mass is 1510 g/mol. The summed E-state index contributed by atoms with van der Waals surface area (Å²) in [4.78, 5) is 77.6. The molecule has 0 aliphatic carbocycles. The van der Waals surface area contributed by atoms with E-state index >= 15 is 0 Å². The molecule has 12 rings (SSSR count). The average molecular weight is 1520 g/mol. The highest BCUT2D eigenvalue weighted by atomic mass is 35.5. The molecule has 6 atom stereocenters. The number of aromatic nitrogens is 6. The van der Waals surface area contributed by atoms with Gasteiger partial charge in [0.1, 0.15) is 53.9 Å². The van der Waals surface area contributed by atoms with Gasteiger partial charge >= 0.3 is 12.4 Å². The van der Waals surface area contributed by atoms with Crippen LogP contribution in [-0.2, 0) is 20.8 Å². The molecule has 3 aromatic carbocycles. The molecule has 9 heterocycles. The number of amides is 3. The second-order valence-corrected chi connectivity index (χ2v) is 29.5. The van der Waals surface area contributed by atoms with Gasteiger partial charge in [-0.3, -0.25) is 14.4 Å². The van der Waals surface area contributed by atoms with Crippen molar-refractivity contribution in [2.75, 3.05) is 129 Å².